The quantitative estimate of drug-likeness (QED) is 0.827. The van der Waals surface area contributed by atoms with E-state index in [4.69, 9.17) is 10.5 Å². The largest absolute Gasteiger partial charge is 0.384 e. The molecular formula is C11H19N3OS. The van der Waals surface area contributed by atoms with Crippen molar-refractivity contribution in [1.29, 1.82) is 0 Å². The maximum absolute atomic E-state index is 5.71. The summed E-state index contributed by atoms with van der Waals surface area (Å²) in [6, 6.07) is 1.75. The molecule has 2 N–H and O–H groups in total. The van der Waals surface area contributed by atoms with E-state index in [1.807, 2.05) is 11.8 Å². The number of nitrogen functional groups attached to an aromatic ring is 1. The van der Waals surface area contributed by atoms with Gasteiger partial charge in [0.25, 0.3) is 0 Å². The molecule has 0 aliphatic heterocycles. The van der Waals surface area contributed by atoms with Crippen molar-refractivity contribution in [2.24, 2.45) is 0 Å². The average Bonchev–Trinajstić information content (AvgIpc) is 2.25. The summed E-state index contributed by atoms with van der Waals surface area (Å²) in [5.74, 6) is 2.11. The minimum Gasteiger partial charge on any atom is -0.384 e. The summed E-state index contributed by atoms with van der Waals surface area (Å²) in [6.07, 6.45) is 1.15. The van der Waals surface area contributed by atoms with Gasteiger partial charge in [-0.15, -0.1) is 0 Å². The predicted octanol–water partition coefficient (Wildman–Crippen LogP) is 2.24. The summed E-state index contributed by atoms with van der Waals surface area (Å²) >= 11 is 1.84. The Morgan fingerprint density at radius 1 is 1.50 bits per heavy atom. The van der Waals surface area contributed by atoms with Crippen molar-refractivity contribution in [1.82, 2.24) is 9.97 Å². The maximum atomic E-state index is 5.71. The summed E-state index contributed by atoms with van der Waals surface area (Å²) in [4.78, 5) is 8.61. The van der Waals surface area contributed by atoms with Crippen LogP contribution < -0.4 is 5.73 Å². The van der Waals surface area contributed by atoms with Gasteiger partial charge < -0.3 is 10.5 Å². The van der Waals surface area contributed by atoms with Crippen LogP contribution in [-0.4, -0.2) is 22.3 Å². The summed E-state index contributed by atoms with van der Waals surface area (Å²) in [5, 5.41) is 0.621. The lowest BCUT2D eigenvalue weighted by atomic mass is 10.4. The Morgan fingerprint density at radius 2 is 2.25 bits per heavy atom. The number of hydrogen-bond donors (Lipinski definition) is 1. The van der Waals surface area contributed by atoms with E-state index < -0.39 is 0 Å². The molecule has 1 heterocycles. The molecule has 1 rings (SSSR count). The van der Waals surface area contributed by atoms with Gasteiger partial charge in [-0.25, -0.2) is 9.97 Å². The van der Waals surface area contributed by atoms with E-state index in [-0.39, 0.29) is 0 Å². The van der Waals surface area contributed by atoms with Crippen molar-refractivity contribution in [2.45, 2.75) is 37.9 Å². The molecule has 1 unspecified atom stereocenters. The molecule has 0 spiro atoms. The first-order valence-corrected chi connectivity index (χ1v) is 6.43. The van der Waals surface area contributed by atoms with Crippen LogP contribution in [0.15, 0.2) is 6.07 Å². The number of rotatable bonds is 6. The number of aromatic nitrogens is 2. The number of ether oxygens (including phenoxy) is 1. The van der Waals surface area contributed by atoms with Gasteiger partial charge in [0.2, 0.25) is 0 Å². The lowest BCUT2D eigenvalue weighted by Crippen LogP contribution is -2.04. The second kappa shape index (κ2) is 6.70. The van der Waals surface area contributed by atoms with Crippen LogP contribution in [0.5, 0.6) is 0 Å². The third-order valence-electron chi connectivity index (χ3n) is 2.21. The van der Waals surface area contributed by atoms with Crippen LogP contribution in [0.1, 0.15) is 31.8 Å². The van der Waals surface area contributed by atoms with Gasteiger partial charge in [0.15, 0.2) is 0 Å². The van der Waals surface area contributed by atoms with E-state index in [1.54, 1.807) is 13.2 Å². The SMILES string of the molecule is CCC(C)SCc1nc(N)cc(COC)n1. The van der Waals surface area contributed by atoms with Gasteiger partial charge >= 0.3 is 0 Å². The molecule has 5 heteroatoms. The highest BCUT2D eigenvalue weighted by Crippen LogP contribution is 2.18. The molecular weight excluding hydrogens is 222 g/mol. The smallest absolute Gasteiger partial charge is 0.140 e. The Bertz CT molecular complexity index is 333. The first-order chi connectivity index (χ1) is 7.65. The van der Waals surface area contributed by atoms with Crippen molar-refractivity contribution in [3.63, 3.8) is 0 Å². The highest BCUT2D eigenvalue weighted by atomic mass is 32.2. The fourth-order valence-electron chi connectivity index (χ4n) is 1.20. The zero-order chi connectivity index (χ0) is 12.0. The number of methoxy groups -OCH3 is 1. The number of hydrogen-bond acceptors (Lipinski definition) is 5. The molecule has 0 fully saturated rings. The molecule has 0 saturated heterocycles. The Labute approximate surface area is 101 Å². The molecule has 0 amide bonds. The fourth-order valence-corrected chi connectivity index (χ4v) is 1.99. The lowest BCUT2D eigenvalue weighted by molar-refractivity contribution is 0.181. The highest BCUT2D eigenvalue weighted by Gasteiger charge is 2.05. The van der Waals surface area contributed by atoms with Crippen LogP contribution in [0.25, 0.3) is 0 Å². The van der Waals surface area contributed by atoms with Gasteiger partial charge in [-0.05, 0) is 6.42 Å². The van der Waals surface area contributed by atoms with Crippen molar-refractivity contribution in [3.8, 4) is 0 Å². The van der Waals surface area contributed by atoms with E-state index in [0.29, 0.717) is 17.7 Å². The monoisotopic (exact) mass is 241 g/mol. The van der Waals surface area contributed by atoms with Gasteiger partial charge in [0.05, 0.1) is 18.1 Å². The second-order valence-electron chi connectivity index (χ2n) is 3.66. The molecule has 0 aliphatic carbocycles. The molecule has 0 aliphatic rings. The molecule has 0 bridgehead atoms. The van der Waals surface area contributed by atoms with Crippen LogP contribution in [-0.2, 0) is 17.1 Å². The molecule has 0 aromatic carbocycles. The minimum absolute atomic E-state index is 0.480. The predicted molar refractivity (Wildman–Crippen MR) is 68.2 cm³/mol. The molecule has 1 aromatic heterocycles. The summed E-state index contributed by atoms with van der Waals surface area (Å²) in [6.45, 7) is 4.86. The van der Waals surface area contributed by atoms with Crippen LogP contribution in [0.2, 0.25) is 0 Å². The summed E-state index contributed by atoms with van der Waals surface area (Å²) < 4.78 is 5.03. The van der Waals surface area contributed by atoms with Crippen molar-refractivity contribution in [2.75, 3.05) is 12.8 Å². The Balaban J connectivity index is 2.64. The highest BCUT2D eigenvalue weighted by molar-refractivity contribution is 7.99. The van der Waals surface area contributed by atoms with Gasteiger partial charge in [0.1, 0.15) is 11.6 Å². The Kier molecular flexibility index (Phi) is 5.55. The number of nitrogens with zero attached hydrogens (tertiary/aromatic N) is 2. The van der Waals surface area contributed by atoms with Gasteiger partial charge in [-0.2, -0.15) is 11.8 Å². The van der Waals surface area contributed by atoms with E-state index in [1.165, 1.54) is 0 Å². The van der Waals surface area contributed by atoms with Crippen LogP contribution in [0, 0.1) is 0 Å². The van der Waals surface area contributed by atoms with Crippen molar-refractivity contribution >= 4 is 17.6 Å². The number of thioether (sulfide) groups is 1. The zero-order valence-electron chi connectivity index (χ0n) is 10.1. The zero-order valence-corrected chi connectivity index (χ0v) is 10.9. The first-order valence-electron chi connectivity index (χ1n) is 5.38. The van der Waals surface area contributed by atoms with Crippen molar-refractivity contribution in [3.05, 3.63) is 17.6 Å². The molecule has 1 aromatic rings. The fraction of sp³-hybridized carbons (Fsp3) is 0.636. The Hall–Kier alpha value is -0.810. The van der Waals surface area contributed by atoms with Crippen LogP contribution >= 0.6 is 11.8 Å². The van der Waals surface area contributed by atoms with E-state index in [2.05, 4.69) is 23.8 Å². The summed E-state index contributed by atoms with van der Waals surface area (Å²) in [5.41, 5.74) is 6.56. The molecule has 90 valence electrons. The molecule has 0 saturated carbocycles. The van der Waals surface area contributed by atoms with Crippen LogP contribution in [0.3, 0.4) is 0 Å². The normalized spacial score (nSPS) is 12.7. The van der Waals surface area contributed by atoms with Crippen LogP contribution in [0.4, 0.5) is 5.82 Å². The number of anilines is 1. The maximum Gasteiger partial charge on any atom is 0.140 e. The molecule has 16 heavy (non-hydrogen) atoms. The topological polar surface area (TPSA) is 61.0 Å². The standard InChI is InChI=1S/C11H19N3OS/c1-4-8(2)16-7-11-13-9(6-15-3)5-10(12)14-11/h5,8H,4,6-7H2,1-3H3,(H2,12,13,14). The third-order valence-corrected chi connectivity index (χ3v) is 3.54. The van der Waals surface area contributed by atoms with E-state index in [9.17, 15) is 0 Å². The van der Waals surface area contributed by atoms with E-state index in [0.717, 1.165) is 23.7 Å². The lowest BCUT2D eigenvalue weighted by Gasteiger charge is -2.08. The van der Waals surface area contributed by atoms with Gasteiger partial charge in [-0.1, -0.05) is 13.8 Å². The van der Waals surface area contributed by atoms with E-state index >= 15 is 0 Å². The average molecular weight is 241 g/mol. The second-order valence-corrected chi connectivity index (χ2v) is 5.09. The molecule has 0 radical (unpaired) electrons. The third kappa shape index (κ3) is 4.37. The van der Waals surface area contributed by atoms with Gasteiger partial charge in [-0.3, -0.25) is 0 Å². The molecule has 1 atom stereocenters. The minimum atomic E-state index is 0.480. The van der Waals surface area contributed by atoms with Gasteiger partial charge in [0, 0.05) is 18.4 Å². The number of nitrogens with two attached hydrogens (primary N) is 1. The summed E-state index contributed by atoms with van der Waals surface area (Å²) in [7, 11) is 1.64. The Morgan fingerprint density at radius 3 is 2.88 bits per heavy atom. The van der Waals surface area contributed by atoms with Crippen molar-refractivity contribution < 1.29 is 4.74 Å². The first kappa shape index (κ1) is 13.3. The molecule has 4 nitrogen and oxygen atoms in total.